The molecule has 4 rings (SSSR count). The summed E-state index contributed by atoms with van der Waals surface area (Å²) in [7, 11) is 1.61. The zero-order valence-electron chi connectivity index (χ0n) is 18.9. The number of anilines is 1. The first-order valence-corrected chi connectivity index (χ1v) is 11.0. The molecular weight excluding hydrogens is 432 g/mol. The van der Waals surface area contributed by atoms with Gasteiger partial charge >= 0.3 is 6.09 Å². The Bertz CT molecular complexity index is 1190. The molecular formula is C26H26N4O4. The van der Waals surface area contributed by atoms with Crippen molar-refractivity contribution in [3.05, 3.63) is 71.8 Å². The molecule has 0 aliphatic carbocycles. The van der Waals surface area contributed by atoms with Gasteiger partial charge in [0.05, 0.1) is 18.4 Å². The highest BCUT2D eigenvalue weighted by atomic mass is 16.6. The average Bonchev–Trinajstić information content (AvgIpc) is 2.87. The lowest BCUT2D eigenvalue weighted by Crippen LogP contribution is -2.39. The van der Waals surface area contributed by atoms with Crippen molar-refractivity contribution in [2.24, 2.45) is 5.73 Å². The van der Waals surface area contributed by atoms with Gasteiger partial charge in [-0.1, -0.05) is 30.3 Å². The van der Waals surface area contributed by atoms with Crippen molar-refractivity contribution in [1.29, 1.82) is 5.26 Å². The number of ether oxygens (including phenoxy) is 3. The number of piperidine rings is 1. The first-order chi connectivity index (χ1) is 16.6. The Morgan fingerprint density at radius 2 is 1.88 bits per heavy atom. The number of nitrogens with zero attached hydrogens (tertiary/aromatic N) is 3. The molecule has 0 spiro atoms. The Balaban J connectivity index is 1.57. The van der Waals surface area contributed by atoms with Gasteiger partial charge in [0.1, 0.15) is 24.6 Å². The molecule has 2 aromatic carbocycles. The zero-order valence-corrected chi connectivity index (χ0v) is 18.9. The lowest BCUT2D eigenvalue weighted by molar-refractivity contribution is 0.0911. The van der Waals surface area contributed by atoms with Gasteiger partial charge in [0.15, 0.2) is 11.5 Å². The standard InChI is InChI=1S/C26H26N4O4/c1-32-23-10-8-19(15-24(23)33-17-18-5-3-2-4-6-18)22-9-7-20(16-27)25(29-22)30-13-11-21(12-14-30)34-26(28)31/h2-10,15,21H,11-14,17H2,1H3,(H2,28,31). The topological polar surface area (TPSA) is 111 Å². The summed E-state index contributed by atoms with van der Waals surface area (Å²) in [5, 5.41) is 9.63. The number of rotatable bonds is 7. The minimum Gasteiger partial charge on any atom is -0.493 e. The van der Waals surface area contributed by atoms with Gasteiger partial charge in [-0.05, 0) is 35.9 Å². The van der Waals surface area contributed by atoms with Crippen LogP contribution >= 0.6 is 0 Å². The molecule has 174 valence electrons. The predicted molar refractivity (Wildman–Crippen MR) is 128 cm³/mol. The maximum Gasteiger partial charge on any atom is 0.404 e. The van der Waals surface area contributed by atoms with E-state index >= 15 is 0 Å². The van der Waals surface area contributed by atoms with Crippen molar-refractivity contribution in [3.63, 3.8) is 0 Å². The fourth-order valence-electron chi connectivity index (χ4n) is 3.97. The van der Waals surface area contributed by atoms with Crippen molar-refractivity contribution < 1.29 is 19.0 Å². The van der Waals surface area contributed by atoms with Crippen LogP contribution in [-0.4, -0.2) is 37.4 Å². The van der Waals surface area contributed by atoms with Gasteiger partial charge in [-0.15, -0.1) is 0 Å². The van der Waals surface area contributed by atoms with Crippen LogP contribution in [0.3, 0.4) is 0 Å². The minimum atomic E-state index is -0.763. The number of benzene rings is 2. The summed E-state index contributed by atoms with van der Waals surface area (Å²) in [5.41, 5.74) is 8.25. The van der Waals surface area contributed by atoms with Gasteiger partial charge in [-0.2, -0.15) is 5.26 Å². The van der Waals surface area contributed by atoms with E-state index in [1.165, 1.54) is 0 Å². The van der Waals surface area contributed by atoms with Crippen LogP contribution in [-0.2, 0) is 11.3 Å². The van der Waals surface area contributed by atoms with Crippen LogP contribution in [0.5, 0.6) is 11.5 Å². The summed E-state index contributed by atoms with van der Waals surface area (Å²) in [6.45, 7) is 1.63. The molecule has 1 aliphatic rings. The lowest BCUT2D eigenvalue weighted by atomic mass is 10.1. The van der Waals surface area contributed by atoms with Crippen LogP contribution in [0.25, 0.3) is 11.3 Å². The molecule has 1 amide bonds. The van der Waals surface area contributed by atoms with E-state index in [0.717, 1.165) is 16.8 Å². The number of primary amides is 1. The Labute approximate surface area is 198 Å². The van der Waals surface area contributed by atoms with E-state index in [4.69, 9.17) is 24.9 Å². The monoisotopic (exact) mass is 458 g/mol. The number of aromatic nitrogens is 1. The lowest BCUT2D eigenvalue weighted by Gasteiger charge is -2.32. The summed E-state index contributed by atoms with van der Waals surface area (Å²) >= 11 is 0. The fourth-order valence-corrected chi connectivity index (χ4v) is 3.97. The molecule has 1 aromatic heterocycles. The number of hydrogen-bond acceptors (Lipinski definition) is 7. The maximum atomic E-state index is 11.0. The quantitative estimate of drug-likeness (QED) is 0.563. The third kappa shape index (κ3) is 5.38. The van der Waals surface area contributed by atoms with Crippen molar-refractivity contribution in [2.75, 3.05) is 25.1 Å². The molecule has 0 saturated carbocycles. The van der Waals surface area contributed by atoms with Crippen molar-refractivity contribution in [1.82, 2.24) is 4.98 Å². The van der Waals surface area contributed by atoms with E-state index in [2.05, 4.69) is 6.07 Å². The molecule has 0 bridgehead atoms. The van der Waals surface area contributed by atoms with E-state index in [-0.39, 0.29) is 6.10 Å². The Kier molecular flexibility index (Phi) is 7.13. The number of carbonyl (C=O) groups excluding carboxylic acids is 1. The van der Waals surface area contributed by atoms with Crippen LogP contribution in [0.2, 0.25) is 0 Å². The maximum absolute atomic E-state index is 11.0. The SMILES string of the molecule is COc1ccc(-c2ccc(C#N)c(N3CCC(OC(N)=O)CC3)n2)cc1OCc1ccccc1. The van der Waals surface area contributed by atoms with Crippen LogP contribution in [0.1, 0.15) is 24.0 Å². The first kappa shape index (κ1) is 22.9. The van der Waals surface area contributed by atoms with E-state index in [1.54, 1.807) is 13.2 Å². The number of methoxy groups -OCH3 is 1. The fraction of sp³-hybridized carbons (Fsp3) is 0.269. The van der Waals surface area contributed by atoms with Crippen LogP contribution in [0.4, 0.5) is 10.6 Å². The second kappa shape index (κ2) is 10.6. The molecule has 1 saturated heterocycles. The number of amides is 1. The first-order valence-electron chi connectivity index (χ1n) is 11.0. The summed E-state index contributed by atoms with van der Waals surface area (Å²) in [5.74, 6) is 1.85. The number of nitriles is 1. The molecule has 0 radical (unpaired) electrons. The second-order valence-electron chi connectivity index (χ2n) is 7.94. The van der Waals surface area contributed by atoms with Crippen molar-refractivity contribution >= 4 is 11.9 Å². The van der Waals surface area contributed by atoms with Crippen molar-refractivity contribution in [3.8, 4) is 28.8 Å². The summed E-state index contributed by atoms with van der Waals surface area (Å²) in [4.78, 5) is 17.9. The molecule has 8 nitrogen and oxygen atoms in total. The summed E-state index contributed by atoms with van der Waals surface area (Å²) in [6, 6.07) is 21.4. The Morgan fingerprint density at radius 3 is 2.56 bits per heavy atom. The van der Waals surface area contributed by atoms with Gasteiger partial charge in [0.25, 0.3) is 0 Å². The molecule has 3 aromatic rings. The summed E-state index contributed by atoms with van der Waals surface area (Å²) < 4.78 is 16.6. The van der Waals surface area contributed by atoms with E-state index in [0.29, 0.717) is 55.4 Å². The Hall–Kier alpha value is -4.25. The molecule has 1 fully saturated rings. The summed E-state index contributed by atoms with van der Waals surface area (Å²) in [6.07, 6.45) is 0.272. The van der Waals surface area contributed by atoms with E-state index < -0.39 is 6.09 Å². The van der Waals surface area contributed by atoms with Crippen molar-refractivity contribution in [2.45, 2.75) is 25.6 Å². The Morgan fingerprint density at radius 1 is 1.12 bits per heavy atom. The highest BCUT2D eigenvalue weighted by molar-refractivity contribution is 5.68. The predicted octanol–water partition coefficient (Wildman–Crippen LogP) is 4.27. The van der Waals surface area contributed by atoms with Crippen LogP contribution < -0.4 is 20.1 Å². The normalized spacial score (nSPS) is 13.7. The highest BCUT2D eigenvalue weighted by Crippen LogP contribution is 2.34. The van der Waals surface area contributed by atoms with Gasteiger partial charge in [0.2, 0.25) is 0 Å². The highest BCUT2D eigenvalue weighted by Gasteiger charge is 2.24. The molecule has 8 heteroatoms. The minimum absolute atomic E-state index is 0.214. The average molecular weight is 459 g/mol. The second-order valence-corrected chi connectivity index (χ2v) is 7.94. The number of pyridine rings is 1. The van der Waals surface area contributed by atoms with Crippen LogP contribution in [0, 0.1) is 11.3 Å². The van der Waals surface area contributed by atoms with E-state index in [1.807, 2.05) is 59.5 Å². The molecule has 2 heterocycles. The van der Waals surface area contributed by atoms with Gasteiger partial charge in [-0.25, -0.2) is 9.78 Å². The number of nitrogens with two attached hydrogens (primary N) is 1. The smallest absolute Gasteiger partial charge is 0.404 e. The zero-order chi connectivity index (χ0) is 23.9. The number of hydrogen-bond donors (Lipinski definition) is 1. The van der Waals surface area contributed by atoms with Crippen LogP contribution in [0.15, 0.2) is 60.7 Å². The molecule has 34 heavy (non-hydrogen) atoms. The third-order valence-electron chi connectivity index (χ3n) is 5.72. The van der Waals surface area contributed by atoms with Gasteiger partial charge < -0.3 is 24.8 Å². The molecule has 2 N–H and O–H groups in total. The molecule has 0 unspecified atom stereocenters. The van der Waals surface area contributed by atoms with Gasteiger partial charge in [0, 0.05) is 31.5 Å². The molecule has 1 aliphatic heterocycles. The van der Waals surface area contributed by atoms with Gasteiger partial charge in [-0.3, -0.25) is 0 Å². The largest absolute Gasteiger partial charge is 0.493 e. The van der Waals surface area contributed by atoms with E-state index in [9.17, 15) is 10.1 Å². The number of carbonyl (C=O) groups is 1. The molecule has 0 atom stereocenters. The third-order valence-corrected chi connectivity index (χ3v) is 5.72.